The molecule has 5 nitrogen and oxygen atoms in total. The van der Waals surface area contributed by atoms with E-state index in [0.717, 1.165) is 6.54 Å². The summed E-state index contributed by atoms with van der Waals surface area (Å²) in [4.78, 5) is 0. The van der Waals surface area contributed by atoms with Crippen LogP contribution in [0.5, 0.6) is 0 Å². The predicted molar refractivity (Wildman–Crippen MR) is 78.5 cm³/mol. The Kier molecular flexibility index (Phi) is 3.62. The van der Waals surface area contributed by atoms with Gasteiger partial charge in [0.1, 0.15) is 0 Å². The van der Waals surface area contributed by atoms with E-state index in [0.29, 0.717) is 24.1 Å². The van der Waals surface area contributed by atoms with Gasteiger partial charge < -0.3 is 5.32 Å². The Morgan fingerprint density at radius 1 is 1.40 bits per heavy atom. The van der Waals surface area contributed by atoms with E-state index in [2.05, 4.69) is 24.3 Å². The van der Waals surface area contributed by atoms with Crippen LogP contribution in [0.4, 0.5) is 0 Å². The summed E-state index contributed by atoms with van der Waals surface area (Å²) in [5.74, 6) is 0.894. The van der Waals surface area contributed by atoms with Gasteiger partial charge in [-0.3, -0.25) is 4.68 Å². The molecule has 1 aliphatic heterocycles. The molecule has 1 atom stereocenters. The molecular weight excluding hydrogens is 274 g/mol. The standard InChI is InChI=1S/C14H23N3O2S/c1-10(2)14-11(7-15-12-3-4-12)8-16-17(14)13-5-6-20(18,19)9-13/h8,10,12-13,15H,3-7,9H2,1-2H3. The first kappa shape index (κ1) is 14.1. The molecule has 0 bridgehead atoms. The third kappa shape index (κ3) is 2.91. The lowest BCUT2D eigenvalue weighted by atomic mass is 10.0. The maximum Gasteiger partial charge on any atom is 0.152 e. The van der Waals surface area contributed by atoms with Crippen LogP contribution in [0.1, 0.15) is 56.3 Å². The van der Waals surface area contributed by atoms with Crippen LogP contribution in [0.25, 0.3) is 0 Å². The smallest absolute Gasteiger partial charge is 0.152 e. The number of aromatic nitrogens is 2. The van der Waals surface area contributed by atoms with E-state index in [4.69, 9.17) is 0 Å². The average molecular weight is 297 g/mol. The maximum atomic E-state index is 11.7. The maximum absolute atomic E-state index is 11.7. The zero-order valence-corrected chi connectivity index (χ0v) is 13.0. The van der Waals surface area contributed by atoms with Crippen molar-refractivity contribution in [1.82, 2.24) is 15.1 Å². The van der Waals surface area contributed by atoms with Gasteiger partial charge in [0.2, 0.25) is 0 Å². The minimum atomic E-state index is -2.87. The van der Waals surface area contributed by atoms with Crippen molar-refractivity contribution < 1.29 is 8.42 Å². The number of nitrogens with zero attached hydrogens (tertiary/aromatic N) is 2. The van der Waals surface area contributed by atoms with E-state index in [1.54, 1.807) is 0 Å². The largest absolute Gasteiger partial charge is 0.310 e. The first-order valence-electron chi connectivity index (χ1n) is 7.46. The van der Waals surface area contributed by atoms with Gasteiger partial charge >= 0.3 is 0 Å². The first-order valence-corrected chi connectivity index (χ1v) is 9.28. The van der Waals surface area contributed by atoms with Gasteiger partial charge in [-0.2, -0.15) is 5.10 Å². The van der Waals surface area contributed by atoms with Gasteiger partial charge in [0.05, 0.1) is 23.7 Å². The molecule has 1 aliphatic carbocycles. The number of sulfone groups is 1. The third-order valence-corrected chi connectivity index (χ3v) is 5.92. The van der Waals surface area contributed by atoms with Crippen LogP contribution in [0.15, 0.2) is 6.20 Å². The summed E-state index contributed by atoms with van der Waals surface area (Å²) in [6, 6.07) is 0.692. The van der Waals surface area contributed by atoms with Crippen LogP contribution in [-0.4, -0.2) is 35.7 Å². The van der Waals surface area contributed by atoms with Gasteiger partial charge in [-0.15, -0.1) is 0 Å². The zero-order valence-electron chi connectivity index (χ0n) is 12.2. The molecule has 1 unspecified atom stereocenters. The van der Waals surface area contributed by atoms with Gasteiger partial charge in [-0.25, -0.2) is 8.42 Å². The van der Waals surface area contributed by atoms with Crippen LogP contribution in [0.2, 0.25) is 0 Å². The molecule has 1 aromatic heterocycles. The van der Waals surface area contributed by atoms with Gasteiger partial charge in [0.25, 0.3) is 0 Å². The number of nitrogens with one attached hydrogen (secondary N) is 1. The molecule has 2 aliphatic rings. The molecule has 1 N–H and O–H groups in total. The summed E-state index contributed by atoms with van der Waals surface area (Å²) in [6.45, 7) is 5.15. The quantitative estimate of drug-likeness (QED) is 0.897. The third-order valence-electron chi connectivity index (χ3n) is 4.17. The van der Waals surface area contributed by atoms with Crippen LogP contribution in [0.3, 0.4) is 0 Å². The Morgan fingerprint density at radius 2 is 2.15 bits per heavy atom. The van der Waals surface area contributed by atoms with Gasteiger partial charge in [0.15, 0.2) is 9.84 Å². The molecule has 1 aromatic rings. The molecule has 1 saturated carbocycles. The van der Waals surface area contributed by atoms with Gasteiger partial charge in [-0.1, -0.05) is 13.8 Å². The van der Waals surface area contributed by atoms with Crippen molar-refractivity contribution in [3.8, 4) is 0 Å². The fourth-order valence-electron chi connectivity index (χ4n) is 2.98. The van der Waals surface area contributed by atoms with Gasteiger partial charge in [-0.05, 0) is 25.2 Å². The van der Waals surface area contributed by atoms with E-state index in [1.165, 1.54) is 24.1 Å². The molecule has 2 fully saturated rings. The molecule has 112 valence electrons. The molecule has 0 aromatic carbocycles. The first-order chi connectivity index (χ1) is 9.46. The lowest BCUT2D eigenvalue weighted by Crippen LogP contribution is -2.19. The molecule has 0 radical (unpaired) electrons. The summed E-state index contributed by atoms with van der Waals surface area (Å²) >= 11 is 0. The summed E-state index contributed by atoms with van der Waals surface area (Å²) in [5.41, 5.74) is 2.41. The molecule has 0 amide bonds. The normalized spacial score (nSPS) is 25.4. The van der Waals surface area contributed by atoms with Crippen molar-refractivity contribution in [3.63, 3.8) is 0 Å². The molecule has 2 heterocycles. The van der Waals surface area contributed by atoms with Crippen molar-refractivity contribution in [2.45, 2.75) is 57.7 Å². The molecular formula is C14H23N3O2S. The van der Waals surface area contributed by atoms with Crippen LogP contribution in [0, 0.1) is 0 Å². The molecule has 20 heavy (non-hydrogen) atoms. The number of hydrogen-bond donors (Lipinski definition) is 1. The lowest BCUT2D eigenvalue weighted by Gasteiger charge is -2.17. The zero-order chi connectivity index (χ0) is 14.3. The number of hydrogen-bond acceptors (Lipinski definition) is 4. The van der Waals surface area contributed by atoms with E-state index < -0.39 is 9.84 Å². The molecule has 1 saturated heterocycles. The minimum Gasteiger partial charge on any atom is -0.310 e. The van der Waals surface area contributed by atoms with Crippen molar-refractivity contribution in [2.24, 2.45) is 0 Å². The molecule has 0 spiro atoms. The SMILES string of the molecule is CC(C)c1c(CNC2CC2)cnn1C1CCS(=O)(=O)C1. The summed E-state index contributed by atoms with van der Waals surface area (Å²) < 4.78 is 25.3. The topological polar surface area (TPSA) is 64.0 Å². The van der Waals surface area contributed by atoms with Crippen LogP contribution in [-0.2, 0) is 16.4 Å². The second kappa shape index (κ2) is 5.15. The second-order valence-corrected chi connectivity index (χ2v) is 8.60. The van der Waals surface area contributed by atoms with E-state index in [9.17, 15) is 8.42 Å². The highest BCUT2D eigenvalue weighted by molar-refractivity contribution is 7.91. The second-order valence-electron chi connectivity index (χ2n) is 6.37. The molecule has 3 rings (SSSR count). The highest BCUT2D eigenvalue weighted by Crippen LogP contribution is 2.29. The number of rotatable bonds is 5. The monoisotopic (exact) mass is 297 g/mol. The summed E-state index contributed by atoms with van der Waals surface area (Å²) in [7, 11) is -2.87. The van der Waals surface area contributed by atoms with Crippen molar-refractivity contribution in [2.75, 3.05) is 11.5 Å². The summed E-state index contributed by atoms with van der Waals surface area (Å²) in [6.07, 6.45) is 5.15. The molecule has 6 heteroatoms. The minimum absolute atomic E-state index is 0.0204. The van der Waals surface area contributed by atoms with E-state index in [1.807, 2.05) is 10.9 Å². The van der Waals surface area contributed by atoms with Gasteiger partial charge in [0, 0.05) is 23.8 Å². The van der Waals surface area contributed by atoms with Crippen molar-refractivity contribution in [1.29, 1.82) is 0 Å². The Morgan fingerprint density at radius 3 is 2.70 bits per heavy atom. The van der Waals surface area contributed by atoms with E-state index in [-0.39, 0.29) is 11.8 Å². The summed E-state index contributed by atoms with van der Waals surface area (Å²) in [5, 5.41) is 8.01. The Balaban J connectivity index is 1.82. The van der Waals surface area contributed by atoms with Crippen LogP contribution >= 0.6 is 0 Å². The van der Waals surface area contributed by atoms with Crippen molar-refractivity contribution in [3.05, 3.63) is 17.5 Å². The average Bonchev–Trinajstić information content (AvgIpc) is 2.98. The highest BCUT2D eigenvalue weighted by Gasteiger charge is 2.32. The predicted octanol–water partition coefficient (Wildman–Crippen LogP) is 1.62. The Labute approximate surface area is 120 Å². The Hall–Kier alpha value is -0.880. The highest BCUT2D eigenvalue weighted by atomic mass is 32.2. The van der Waals surface area contributed by atoms with Crippen molar-refractivity contribution >= 4 is 9.84 Å². The fourth-order valence-corrected chi connectivity index (χ4v) is 4.67. The van der Waals surface area contributed by atoms with Crippen LogP contribution < -0.4 is 5.32 Å². The lowest BCUT2D eigenvalue weighted by molar-refractivity contribution is 0.469. The fraction of sp³-hybridized carbons (Fsp3) is 0.786. The van der Waals surface area contributed by atoms with E-state index >= 15 is 0 Å². The Bertz CT molecular complexity index is 588.